The zero-order chi connectivity index (χ0) is 31.5. The van der Waals surface area contributed by atoms with Crippen LogP contribution >= 0.6 is 11.6 Å². The molecule has 7 rings (SSSR count). The molecular weight excluding hydrogens is 582 g/mol. The minimum absolute atomic E-state index is 0.0271. The highest BCUT2D eigenvalue weighted by atomic mass is 35.5. The lowest BCUT2D eigenvalue weighted by molar-refractivity contribution is -0.199. The Kier molecular flexibility index (Phi) is 7.88. The van der Waals surface area contributed by atoms with E-state index in [1.54, 1.807) is 18.2 Å². The van der Waals surface area contributed by atoms with Crippen LogP contribution in [0.5, 0.6) is 5.75 Å². The van der Waals surface area contributed by atoms with E-state index in [1.165, 1.54) is 58.4 Å². The molecule has 0 radical (unpaired) electrons. The molecule has 4 heterocycles. The lowest BCUT2D eigenvalue weighted by Crippen LogP contribution is -2.74. The highest BCUT2D eigenvalue weighted by molar-refractivity contribution is 6.31. The van der Waals surface area contributed by atoms with Crippen LogP contribution in [0.15, 0.2) is 30.3 Å². The number of amides is 1. The minimum atomic E-state index is -0.312. The second kappa shape index (κ2) is 11.6. The summed E-state index contributed by atoms with van der Waals surface area (Å²) in [4.78, 5) is 23.2. The van der Waals surface area contributed by atoms with Crippen molar-refractivity contribution in [1.29, 1.82) is 5.26 Å². The van der Waals surface area contributed by atoms with Crippen LogP contribution in [0.25, 0.3) is 0 Å². The van der Waals surface area contributed by atoms with Gasteiger partial charge in [-0.2, -0.15) is 5.26 Å². The summed E-state index contributed by atoms with van der Waals surface area (Å²) in [6.07, 6.45) is 4.72. The molecule has 0 bridgehead atoms. The molecule has 4 fully saturated rings. The highest BCUT2D eigenvalue weighted by Gasteiger charge is 2.67. The number of likely N-dealkylation sites (tertiary alicyclic amines) is 1. The van der Waals surface area contributed by atoms with Crippen molar-refractivity contribution in [3.8, 4) is 23.7 Å². The predicted molar refractivity (Wildman–Crippen MR) is 175 cm³/mol. The van der Waals surface area contributed by atoms with Crippen molar-refractivity contribution >= 4 is 17.5 Å². The Hall–Kier alpha value is -3.10. The number of benzene rings is 1. The van der Waals surface area contributed by atoms with Crippen molar-refractivity contribution in [2.75, 3.05) is 32.7 Å². The number of nitriles is 1. The lowest BCUT2D eigenvalue weighted by atomic mass is 9.49. The molecule has 2 saturated carbocycles. The number of nitrogens with zero attached hydrogens (tertiary/aromatic N) is 4. The maximum atomic E-state index is 13.7. The number of aromatic nitrogens is 1. The fourth-order valence-corrected chi connectivity index (χ4v) is 9.84. The topological polar surface area (TPSA) is 81.5 Å². The number of carbonyl (C=O) groups excluding carboxylic acids is 1. The van der Waals surface area contributed by atoms with Crippen LogP contribution in [-0.4, -0.2) is 65.6 Å². The van der Waals surface area contributed by atoms with Gasteiger partial charge in [0.2, 0.25) is 0 Å². The van der Waals surface area contributed by atoms with Gasteiger partial charge in [0, 0.05) is 48.5 Å². The van der Waals surface area contributed by atoms with Gasteiger partial charge in [0.25, 0.3) is 5.91 Å². The van der Waals surface area contributed by atoms with Crippen LogP contribution in [-0.2, 0) is 6.54 Å². The number of halogens is 1. The number of rotatable bonds is 5. The molecule has 0 spiro atoms. The molecule has 2 atom stereocenters. The first-order valence-electron chi connectivity index (χ1n) is 16.7. The number of hydrogen-bond acceptors (Lipinski definition) is 6. The summed E-state index contributed by atoms with van der Waals surface area (Å²) in [5.74, 6) is 10.5. The van der Waals surface area contributed by atoms with Crippen molar-refractivity contribution in [3.05, 3.63) is 57.9 Å². The zero-order valence-corrected chi connectivity index (χ0v) is 27.7. The number of fused-ring (bicyclic) bond motifs is 2. The molecule has 5 aliphatic rings. The van der Waals surface area contributed by atoms with Gasteiger partial charge in [-0.3, -0.25) is 4.79 Å². The number of nitrogens with one attached hydrogen (secondary N) is 1. The Morgan fingerprint density at radius 1 is 1.04 bits per heavy atom. The van der Waals surface area contributed by atoms with Crippen LogP contribution in [0.3, 0.4) is 0 Å². The first kappa shape index (κ1) is 30.5. The minimum Gasteiger partial charge on any atom is -0.489 e. The van der Waals surface area contributed by atoms with Crippen LogP contribution in [0.2, 0.25) is 5.02 Å². The number of pyridine rings is 1. The molecule has 3 aliphatic heterocycles. The molecule has 236 valence electrons. The summed E-state index contributed by atoms with van der Waals surface area (Å²) in [6, 6.07) is 11.1. The summed E-state index contributed by atoms with van der Waals surface area (Å²) < 4.78 is 6.46. The van der Waals surface area contributed by atoms with Gasteiger partial charge in [-0.25, -0.2) is 4.98 Å². The van der Waals surface area contributed by atoms with E-state index in [0.29, 0.717) is 34.4 Å². The Labute approximate surface area is 272 Å². The zero-order valence-electron chi connectivity index (χ0n) is 26.9. The Morgan fingerprint density at radius 2 is 1.76 bits per heavy atom. The third-order valence-electron chi connectivity index (χ3n) is 11.4. The van der Waals surface area contributed by atoms with E-state index in [1.807, 2.05) is 17.0 Å². The SMILES string of the molecule is CC1(C)[C@H](Oc2ccc(C#N)c(Cl)c2)C(C)(C)[C@H]1N1Cc2nc(C#CC3CCC(CN4CC5CNCC5C4)CC3)ccc2C1=O. The maximum Gasteiger partial charge on any atom is 0.256 e. The Bertz CT molecular complexity index is 1570. The fraction of sp³-hybridized carbons (Fsp3) is 0.595. The second-order valence-corrected chi connectivity index (χ2v) is 15.7. The van der Waals surface area contributed by atoms with Crippen LogP contribution in [0.1, 0.15) is 80.7 Å². The molecule has 8 heteroatoms. The monoisotopic (exact) mass is 625 g/mol. The molecule has 2 aromatic rings. The van der Waals surface area contributed by atoms with Gasteiger partial charge >= 0.3 is 0 Å². The second-order valence-electron chi connectivity index (χ2n) is 15.3. The van der Waals surface area contributed by atoms with E-state index in [-0.39, 0.29) is 28.9 Å². The van der Waals surface area contributed by atoms with Crippen molar-refractivity contribution in [2.24, 2.45) is 34.5 Å². The van der Waals surface area contributed by atoms with Gasteiger partial charge in [0.15, 0.2) is 0 Å². The molecule has 2 unspecified atom stereocenters. The summed E-state index contributed by atoms with van der Waals surface area (Å²) >= 11 is 6.27. The normalized spacial score (nSPS) is 31.4. The van der Waals surface area contributed by atoms with Gasteiger partial charge < -0.3 is 19.9 Å². The summed E-state index contributed by atoms with van der Waals surface area (Å²) in [6.45, 7) is 15.3. The average molecular weight is 626 g/mol. The van der Waals surface area contributed by atoms with Crippen molar-refractivity contribution in [1.82, 2.24) is 20.1 Å². The van der Waals surface area contributed by atoms with Gasteiger partial charge in [-0.05, 0) is 86.7 Å². The van der Waals surface area contributed by atoms with Gasteiger partial charge in [0.05, 0.1) is 28.4 Å². The van der Waals surface area contributed by atoms with Crippen molar-refractivity contribution in [2.45, 2.75) is 72.1 Å². The van der Waals surface area contributed by atoms with E-state index in [4.69, 9.17) is 21.3 Å². The van der Waals surface area contributed by atoms with E-state index < -0.39 is 0 Å². The molecule has 1 N–H and O–H groups in total. The molecule has 45 heavy (non-hydrogen) atoms. The molecule has 1 amide bonds. The molecule has 2 saturated heterocycles. The number of hydrogen-bond donors (Lipinski definition) is 1. The van der Waals surface area contributed by atoms with Gasteiger partial charge in [-0.15, -0.1) is 0 Å². The average Bonchev–Trinajstić information content (AvgIpc) is 3.69. The summed E-state index contributed by atoms with van der Waals surface area (Å²) in [7, 11) is 0. The van der Waals surface area contributed by atoms with E-state index >= 15 is 0 Å². The fourth-order valence-electron chi connectivity index (χ4n) is 9.63. The van der Waals surface area contributed by atoms with Gasteiger partial charge in [0.1, 0.15) is 23.6 Å². The molecule has 2 aliphatic carbocycles. The predicted octanol–water partition coefficient (Wildman–Crippen LogP) is 5.75. The van der Waals surface area contributed by atoms with E-state index in [0.717, 1.165) is 29.1 Å². The lowest BCUT2D eigenvalue weighted by Gasteiger charge is -2.65. The maximum absolute atomic E-state index is 13.7. The van der Waals surface area contributed by atoms with Crippen LogP contribution in [0, 0.1) is 57.7 Å². The van der Waals surface area contributed by atoms with E-state index in [2.05, 4.69) is 55.8 Å². The Morgan fingerprint density at radius 3 is 2.42 bits per heavy atom. The molecule has 1 aromatic carbocycles. The molecular formula is C37H44ClN5O2. The standard InChI is InChI=1S/C37H44ClN5O2/c1-36(2)34(37(3,4)35(36)45-29-13-10-25(16-39)31(38)15-29)43-22-32-30(33(43)44)14-12-28(41-32)11-9-23-5-7-24(8-6-23)19-42-20-26-17-40-18-27(26)21-42/h10,12-15,23-24,26-27,34-35,40H,5-8,17-22H2,1-4H3/t23?,24?,26?,27?,34-,35-. The van der Waals surface area contributed by atoms with Crippen molar-refractivity contribution < 1.29 is 9.53 Å². The summed E-state index contributed by atoms with van der Waals surface area (Å²) in [5, 5.41) is 13.1. The third-order valence-corrected chi connectivity index (χ3v) is 11.7. The molecule has 7 nitrogen and oxygen atoms in total. The summed E-state index contributed by atoms with van der Waals surface area (Å²) in [5.41, 5.74) is 2.05. The first-order valence-corrected chi connectivity index (χ1v) is 17.0. The van der Waals surface area contributed by atoms with Crippen LogP contribution in [0.4, 0.5) is 0 Å². The molecule has 1 aromatic heterocycles. The van der Waals surface area contributed by atoms with Crippen molar-refractivity contribution in [3.63, 3.8) is 0 Å². The largest absolute Gasteiger partial charge is 0.489 e. The van der Waals surface area contributed by atoms with Crippen LogP contribution < -0.4 is 10.1 Å². The highest BCUT2D eigenvalue weighted by Crippen LogP contribution is 2.59. The van der Waals surface area contributed by atoms with E-state index in [9.17, 15) is 10.1 Å². The van der Waals surface area contributed by atoms with Gasteiger partial charge in [-0.1, -0.05) is 45.2 Å². The number of ether oxygens (including phenoxy) is 1. The smallest absolute Gasteiger partial charge is 0.256 e. The first-order chi connectivity index (χ1) is 21.5. The quantitative estimate of drug-likeness (QED) is 0.426. The Balaban J connectivity index is 0.965. The number of carbonyl (C=O) groups is 1. The third kappa shape index (κ3) is 5.52.